The Kier molecular flexibility index (Phi) is 4.97. The molecule has 144 valence electrons. The maximum Gasteiger partial charge on any atom is 0.258 e. The summed E-state index contributed by atoms with van der Waals surface area (Å²) in [6.45, 7) is 0.641. The van der Waals surface area contributed by atoms with E-state index in [4.69, 9.17) is 14.0 Å². The van der Waals surface area contributed by atoms with E-state index in [1.54, 1.807) is 31.3 Å². The van der Waals surface area contributed by atoms with Gasteiger partial charge in [0.2, 0.25) is 11.7 Å². The van der Waals surface area contributed by atoms with Crippen LogP contribution in [0.25, 0.3) is 11.4 Å². The molecule has 1 aliphatic rings. The molecule has 1 aliphatic heterocycles. The maximum absolute atomic E-state index is 13.1. The highest BCUT2D eigenvalue weighted by molar-refractivity contribution is 5.97. The van der Waals surface area contributed by atoms with Crippen molar-refractivity contribution in [3.63, 3.8) is 0 Å². The Hall–Kier alpha value is -3.35. The minimum atomic E-state index is -0.239. The molecule has 3 aromatic rings. The Labute approximate surface area is 162 Å². The van der Waals surface area contributed by atoms with Gasteiger partial charge in [0.15, 0.2) is 0 Å². The normalized spacial score (nSPS) is 16.2. The second kappa shape index (κ2) is 7.72. The number of carbonyl (C=O) groups is 1. The second-order valence-corrected chi connectivity index (χ2v) is 6.54. The van der Waals surface area contributed by atoms with Crippen molar-refractivity contribution in [2.45, 2.75) is 18.9 Å². The van der Waals surface area contributed by atoms with E-state index in [-0.39, 0.29) is 11.9 Å². The number of hydrogen-bond acceptors (Lipinski definition) is 6. The van der Waals surface area contributed by atoms with Crippen LogP contribution in [0.3, 0.4) is 0 Å². The summed E-state index contributed by atoms with van der Waals surface area (Å²) in [7, 11) is 3.18. The number of rotatable bonds is 5. The molecule has 0 N–H and O–H groups in total. The smallest absolute Gasteiger partial charge is 0.258 e. The van der Waals surface area contributed by atoms with Crippen LogP contribution in [0.4, 0.5) is 0 Å². The van der Waals surface area contributed by atoms with Gasteiger partial charge in [-0.1, -0.05) is 17.3 Å². The lowest BCUT2D eigenvalue weighted by molar-refractivity contribution is 0.0706. The Morgan fingerprint density at radius 2 is 1.89 bits per heavy atom. The SMILES string of the molecule is COc1ccc(-c2noc([C@@H]3CCCN3C(=O)c3ccccc3OC)n2)cc1. The van der Waals surface area contributed by atoms with Crippen molar-refractivity contribution < 1.29 is 18.8 Å². The van der Waals surface area contributed by atoms with Crippen molar-refractivity contribution >= 4 is 5.91 Å². The molecule has 1 amide bonds. The minimum absolute atomic E-state index is 0.0934. The quantitative estimate of drug-likeness (QED) is 0.672. The predicted octanol–water partition coefficient (Wildman–Crippen LogP) is 3.73. The third-order valence-corrected chi connectivity index (χ3v) is 4.93. The van der Waals surface area contributed by atoms with Gasteiger partial charge in [-0.2, -0.15) is 4.98 Å². The number of nitrogens with zero attached hydrogens (tertiary/aromatic N) is 3. The van der Waals surface area contributed by atoms with Crippen LogP contribution in [0.1, 0.15) is 35.1 Å². The summed E-state index contributed by atoms with van der Waals surface area (Å²) in [6, 6.07) is 14.4. The van der Waals surface area contributed by atoms with Gasteiger partial charge in [-0.25, -0.2) is 0 Å². The number of benzene rings is 2. The number of likely N-dealkylation sites (tertiary alicyclic amines) is 1. The molecule has 0 spiro atoms. The number of carbonyl (C=O) groups excluding carboxylic acids is 1. The number of ether oxygens (including phenoxy) is 2. The molecular weight excluding hydrogens is 358 g/mol. The third kappa shape index (κ3) is 3.31. The van der Waals surface area contributed by atoms with E-state index in [1.807, 2.05) is 36.4 Å². The molecule has 7 nitrogen and oxygen atoms in total. The molecule has 0 unspecified atom stereocenters. The lowest BCUT2D eigenvalue weighted by Crippen LogP contribution is -2.31. The molecule has 2 heterocycles. The standard InChI is InChI=1S/C21H21N3O4/c1-26-15-11-9-14(10-12-15)19-22-20(28-23-19)17-7-5-13-24(17)21(25)16-6-3-4-8-18(16)27-2/h3-4,6,8-12,17H,5,7,13H2,1-2H3/t17-/m0/s1. The van der Waals surface area contributed by atoms with E-state index < -0.39 is 0 Å². The maximum atomic E-state index is 13.1. The molecule has 1 saturated heterocycles. The van der Waals surface area contributed by atoms with Gasteiger partial charge in [0.25, 0.3) is 5.91 Å². The average molecular weight is 379 g/mol. The van der Waals surface area contributed by atoms with Gasteiger partial charge < -0.3 is 18.9 Å². The first-order chi connectivity index (χ1) is 13.7. The lowest BCUT2D eigenvalue weighted by atomic mass is 10.1. The van der Waals surface area contributed by atoms with Crippen LogP contribution < -0.4 is 9.47 Å². The molecule has 2 aromatic carbocycles. The number of aromatic nitrogens is 2. The van der Waals surface area contributed by atoms with Crippen LogP contribution in [-0.4, -0.2) is 41.7 Å². The van der Waals surface area contributed by atoms with Gasteiger partial charge in [-0.05, 0) is 49.2 Å². The fourth-order valence-electron chi connectivity index (χ4n) is 3.47. The van der Waals surface area contributed by atoms with E-state index in [2.05, 4.69) is 10.1 Å². The van der Waals surface area contributed by atoms with Crippen LogP contribution in [0, 0.1) is 0 Å². The summed E-state index contributed by atoms with van der Waals surface area (Å²) in [6.07, 6.45) is 1.66. The predicted molar refractivity (Wildman–Crippen MR) is 102 cm³/mol. The van der Waals surface area contributed by atoms with E-state index in [0.717, 1.165) is 24.2 Å². The largest absolute Gasteiger partial charge is 0.497 e. The summed E-state index contributed by atoms with van der Waals surface area (Å²) in [5.74, 6) is 2.17. The van der Waals surface area contributed by atoms with E-state index in [0.29, 0.717) is 29.6 Å². The summed E-state index contributed by atoms with van der Waals surface area (Å²) >= 11 is 0. The number of methoxy groups -OCH3 is 2. The van der Waals surface area contributed by atoms with E-state index >= 15 is 0 Å². The monoisotopic (exact) mass is 379 g/mol. The van der Waals surface area contributed by atoms with Gasteiger partial charge in [-0.15, -0.1) is 0 Å². The molecular formula is C21H21N3O4. The zero-order valence-corrected chi connectivity index (χ0v) is 15.8. The van der Waals surface area contributed by atoms with Crippen LogP contribution in [-0.2, 0) is 0 Å². The van der Waals surface area contributed by atoms with Crippen molar-refractivity contribution in [1.29, 1.82) is 0 Å². The van der Waals surface area contributed by atoms with Gasteiger partial charge in [0, 0.05) is 12.1 Å². The third-order valence-electron chi connectivity index (χ3n) is 4.93. The molecule has 28 heavy (non-hydrogen) atoms. The van der Waals surface area contributed by atoms with Crippen molar-refractivity contribution in [1.82, 2.24) is 15.0 Å². The van der Waals surface area contributed by atoms with E-state index in [9.17, 15) is 4.79 Å². The summed E-state index contributed by atoms with van der Waals surface area (Å²) in [4.78, 5) is 19.4. The molecule has 0 aliphatic carbocycles. The lowest BCUT2D eigenvalue weighted by Gasteiger charge is -2.22. The highest BCUT2D eigenvalue weighted by Crippen LogP contribution is 2.34. The molecule has 1 atom stereocenters. The fourth-order valence-corrected chi connectivity index (χ4v) is 3.47. The van der Waals surface area contributed by atoms with Crippen molar-refractivity contribution in [3.05, 3.63) is 60.0 Å². The molecule has 1 fully saturated rings. The van der Waals surface area contributed by atoms with Gasteiger partial charge in [0.1, 0.15) is 17.5 Å². The Bertz CT molecular complexity index is 968. The molecule has 0 saturated carbocycles. The van der Waals surface area contributed by atoms with E-state index in [1.165, 1.54) is 0 Å². The molecule has 4 rings (SSSR count). The van der Waals surface area contributed by atoms with Crippen molar-refractivity contribution in [3.8, 4) is 22.9 Å². The zero-order valence-electron chi connectivity index (χ0n) is 15.8. The van der Waals surface area contributed by atoms with Crippen LogP contribution in [0.5, 0.6) is 11.5 Å². The van der Waals surface area contributed by atoms with Gasteiger partial charge in [0.05, 0.1) is 19.8 Å². The molecule has 1 aromatic heterocycles. The molecule has 7 heteroatoms. The summed E-state index contributed by atoms with van der Waals surface area (Å²) in [5.41, 5.74) is 1.36. The first-order valence-corrected chi connectivity index (χ1v) is 9.13. The van der Waals surface area contributed by atoms with Crippen molar-refractivity contribution in [2.75, 3.05) is 20.8 Å². The van der Waals surface area contributed by atoms with Crippen LogP contribution >= 0.6 is 0 Å². The average Bonchev–Trinajstić information content (AvgIpc) is 3.42. The summed E-state index contributed by atoms with van der Waals surface area (Å²) < 4.78 is 16.0. The van der Waals surface area contributed by atoms with Crippen LogP contribution in [0.2, 0.25) is 0 Å². The van der Waals surface area contributed by atoms with Gasteiger partial charge in [-0.3, -0.25) is 4.79 Å². The Morgan fingerprint density at radius 1 is 1.11 bits per heavy atom. The fraction of sp³-hybridized carbons (Fsp3) is 0.286. The highest BCUT2D eigenvalue weighted by atomic mass is 16.5. The summed E-state index contributed by atoms with van der Waals surface area (Å²) in [5, 5.41) is 4.10. The topological polar surface area (TPSA) is 77.7 Å². The van der Waals surface area contributed by atoms with Gasteiger partial charge >= 0.3 is 0 Å². The first kappa shape index (κ1) is 18.0. The first-order valence-electron chi connectivity index (χ1n) is 9.13. The number of para-hydroxylation sites is 1. The highest BCUT2D eigenvalue weighted by Gasteiger charge is 2.35. The minimum Gasteiger partial charge on any atom is -0.497 e. The molecule has 0 bridgehead atoms. The number of amides is 1. The Balaban J connectivity index is 1.58. The molecule has 0 radical (unpaired) electrons. The zero-order chi connectivity index (χ0) is 19.5. The van der Waals surface area contributed by atoms with Crippen LogP contribution in [0.15, 0.2) is 53.1 Å². The number of hydrogen-bond donors (Lipinski definition) is 0. The second-order valence-electron chi connectivity index (χ2n) is 6.54. The van der Waals surface area contributed by atoms with Crippen molar-refractivity contribution in [2.24, 2.45) is 0 Å². The Morgan fingerprint density at radius 3 is 2.64 bits per heavy atom.